The molecule has 0 unspecified atom stereocenters. The van der Waals surface area contributed by atoms with Gasteiger partial charge in [-0.3, -0.25) is 0 Å². The number of anilines is 1. The monoisotopic (exact) mass is 226 g/mol. The Morgan fingerprint density at radius 1 is 1.00 bits per heavy atom. The van der Waals surface area contributed by atoms with Gasteiger partial charge in [0, 0.05) is 25.9 Å². The molecule has 0 atom stereocenters. The van der Waals surface area contributed by atoms with Crippen molar-refractivity contribution >= 4 is 11.8 Å². The molecule has 0 fully saturated rings. The number of rotatable bonds is 4. The summed E-state index contributed by atoms with van der Waals surface area (Å²) < 4.78 is 0. The molecule has 0 aliphatic rings. The Kier molecular flexibility index (Phi) is 5.26. The van der Waals surface area contributed by atoms with Gasteiger partial charge in [0.15, 0.2) is 4.98 Å². The van der Waals surface area contributed by atoms with Crippen LogP contribution in [0.4, 0.5) is 5.69 Å². The van der Waals surface area contributed by atoms with Crippen LogP contribution in [0.2, 0.25) is 0 Å². The zero-order chi connectivity index (χ0) is 12.5. The molecule has 86 valence electrons. The number of allylic oxidation sites excluding steroid dienone is 4. The van der Waals surface area contributed by atoms with Crippen molar-refractivity contribution in [3.05, 3.63) is 65.3 Å². The van der Waals surface area contributed by atoms with Crippen LogP contribution in [0.3, 0.4) is 0 Å². The summed E-state index contributed by atoms with van der Waals surface area (Å²) in [5.74, 6) is 0. The summed E-state index contributed by atoms with van der Waals surface area (Å²) >= 11 is 0. The quantitative estimate of drug-likeness (QED) is 0.579. The molecule has 0 saturated carbocycles. The Labute approximate surface area is 102 Å². The van der Waals surface area contributed by atoms with E-state index in [9.17, 15) is 0 Å². The van der Waals surface area contributed by atoms with Crippen LogP contribution in [0, 0.1) is 5.39 Å². The molecule has 1 aromatic rings. The fourth-order valence-corrected chi connectivity index (χ4v) is 1.27. The second-order valence-electron chi connectivity index (χ2n) is 3.69. The van der Waals surface area contributed by atoms with E-state index < -0.39 is 0 Å². The molecule has 0 heterocycles. The van der Waals surface area contributed by atoms with Crippen LogP contribution in [0.15, 0.2) is 54.8 Å². The lowest BCUT2D eigenvalue weighted by molar-refractivity contribution is 1.13. The lowest BCUT2D eigenvalue weighted by Crippen LogP contribution is -2.07. The molecule has 0 bridgehead atoms. The first-order valence-electron chi connectivity index (χ1n) is 5.35. The molecular formula is C14H16N3+. The lowest BCUT2D eigenvalue weighted by Gasteiger charge is -2.11. The van der Waals surface area contributed by atoms with Crippen LogP contribution in [-0.4, -0.2) is 14.1 Å². The predicted molar refractivity (Wildman–Crippen MR) is 73.2 cm³/mol. The summed E-state index contributed by atoms with van der Waals surface area (Å²) in [6.07, 6.45) is 10.6. The minimum absolute atomic E-state index is 1.15. The maximum absolute atomic E-state index is 8.15. The predicted octanol–water partition coefficient (Wildman–Crippen LogP) is 3.69. The number of hydrogen-bond donors (Lipinski definition) is 0. The van der Waals surface area contributed by atoms with Gasteiger partial charge in [0.2, 0.25) is 5.39 Å². The molecule has 3 heteroatoms. The van der Waals surface area contributed by atoms with Gasteiger partial charge in [-0.15, -0.1) is 0 Å². The van der Waals surface area contributed by atoms with Gasteiger partial charge in [-0.05, 0) is 17.7 Å². The SMILES string of the molecule is CN(C)c1ccc(/C=C/C=C/C=C/[N+]#N)cc1. The molecule has 17 heavy (non-hydrogen) atoms. The van der Waals surface area contributed by atoms with E-state index in [1.165, 1.54) is 11.9 Å². The normalized spacial score (nSPS) is 11.4. The van der Waals surface area contributed by atoms with Crippen LogP contribution in [-0.2, 0) is 0 Å². The zero-order valence-electron chi connectivity index (χ0n) is 10.1. The number of benzene rings is 1. The van der Waals surface area contributed by atoms with Gasteiger partial charge in [0.05, 0.1) is 0 Å². The first-order chi connectivity index (χ1) is 8.24. The van der Waals surface area contributed by atoms with Crippen molar-refractivity contribution in [1.82, 2.24) is 0 Å². The van der Waals surface area contributed by atoms with Crippen molar-refractivity contribution in [1.29, 1.82) is 5.39 Å². The summed E-state index contributed by atoms with van der Waals surface area (Å²) in [4.78, 5) is 4.92. The average Bonchev–Trinajstić information content (AvgIpc) is 2.34. The molecule has 0 radical (unpaired) electrons. The van der Waals surface area contributed by atoms with Gasteiger partial charge in [-0.25, -0.2) is 0 Å². The van der Waals surface area contributed by atoms with Gasteiger partial charge in [-0.2, -0.15) is 0 Å². The second kappa shape index (κ2) is 7.02. The Balaban J connectivity index is 2.58. The van der Waals surface area contributed by atoms with Crippen molar-refractivity contribution in [2.75, 3.05) is 19.0 Å². The molecule has 0 aliphatic carbocycles. The van der Waals surface area contributed by atoms with E-state index in [4.69, 9.17) is 5.39 Å². The minimum atomic E-state index is 1.15. The summed E-state index contributed by atoms with van der Waals surface area (Å²) in [7, 11) is 4.04. The van der Waals surface area contributed by atoms with Crippen molar-refractivity contribution in [2.45, 2.75) is 0 Å². The molecule has 0 N–H and O–H groups in total. The molecule has 1 aromatic carbocycles. The maximum atomic E-state index is 8.15. The van der Waals surface area contributed by atoms with Crippen LogP contribution in [0.5, 0.6) is 0 Å². The molecular weight excluding hydrogens is 210 g/mol. The van der Waals surface area contributed by atoms with Gasteiger partial charge in [0.1, 0.15) is 0 Å². The Morgan fingerprint density at radius 2 is 1.65 bits per heavy atom. The van der Waals surface area contributed by atoms with Gasteiger partial charge in [0.25, 0.3) is 0 Å². The molecule has 0 saturated heterocycles. The number of hydrogen-bond acceptors (Lipinski definition) is 2. The summed E-state index contributed by atoms with van der Waals surface area (Å²) in [5.41, 5.74) is 2.33. The molecule has 0 aromatic heterocycles. The van der Waals surface area contributed by atoms with E-state index in [2.05, 4.69) is 34.1 Å². The molecule has 3 nitrogen and oxygen atoms in total. The summed E-state index contributed by atoms with van der Waals surface area (Å²) in [6.45, 7) is 0. The fraction of sp³-hybridized carbons (Fsp3) is 0.143. The molecule has 1 rings (SSSR count). The fourth-order valence-electron chi connectivity index (χ4n) is 1.27. The molecule has 0 aliphatic heterocycles. The van der Waals surface area contributed by atoms with Crippen LogP contribution < -0.4 is 4.90 Å². The first-order valence-corrected chi connectivity index (χ1v) is 5.35. The topological polar surface area (TPSA) is 31.4 Å². The minimum Gasteiger partial charge on any atom is -0.378 e. The third-order valence-electron chi connectivity index (χ3n) is 2.18. The first kappa shape index (κ1) is 12.7. The van der Waals surface area contributed by atoms with Crippen molar-refractivity contribution < 1.29 is 0 Å². The molecule has 0 spiro atoms. The van der Waals surface area contributed by atoms with Crippen molar-refractivity contribution in [3.63, 3.8) is 0 Å². The third kappa shape index (κ3) is 4.80. The second-order valence-corrected chi connectivity index (χ2v) is 3.69. The summed E-state index contributed by atoms with van der Waals surface area (Å²) in [5, 5.41) is 8.15. The van der Waals surface area contributed by atoms with E-state index in [0.717, 1.165) is 5.56 Å². The lowest BCUT2D eigenvalue weighted by atomic mass is 10.2. The number of nitrogens with zero attached hydrogens (tertiary/aromatic N) is 3. The Morgan fingerprint density at radius 3 is 2.24 bits per heavy atom. The summed E-state index contributed by atoms with van der Waals surface area (Å²) in [6, 6.07) is 8.29. The highest BCUT2D eigenvalue weighted by Crippen LogP contribution is 2.12. The third-order valence-corrected chi connectivity index (χ3v) is 2.18. The smallest absolute Gasteiger partial charge is 0.350 e. The average molecular weight is 226 g/mol. The van der Waals surface area contributed by atoms with Gasteiger partial charge >= 0.3 is 6.20 Å². The van der Waals surface area contributed by atoms with Crippen molar-refractivity contribution in [3.8, 4) is 0 Å². The van der Waals surface area contributed by atoms with Crippen LogP contribution >= 0.6 is 0 Å². The van der Waals surface area contributed by atoms with E-state index in [1.54, 1.807) is 12.2 Å². The molecule has 0 amide bonds. The zero-order valence-corrected chi connectivity index (χ0v) is 10.1. The maximum Gasteiger partial charge on any atom is 0.350 e. The van der Waals surface area contributed by atoms with E-state index >= 15 is 0 Å². The highest BCUT2D eigenvalue weighted by molar-refractivity contribution is 5.56. The van der Waals surface area contributed by atoms with Gasteiger partial charge in [-0.1, -0.05) is 36.4 Å². The van der Waals surface area contributed by atoms with E-state index in [-0.39, 0.29) is 0 Å². The van der Waals surface area contributed by atoms with Crippen LogP contribution in [0.1, 0.15) is 5.56 Å². The van der Waals surface area contributed by atoms with Gasteiger partial charge < -0.3 is 4.90 Å². The largest absolute Gasteiger partial charge is 0.378 e. The Bertz CT molecular complexity index is 459. The van der Waals surface area contributed by atoms with E-state index in [1.807, 2.05) is 32.3 Å². The standard InChI is InChI=1S/C14H16N3/c1-17(2)14-10-8-13(9-11-14)7-5-3-4-6-12-16-15/h3-12H,1-2H3/q+1/b4-3+,7-5+,12-6+. The van der Waals surface area contributed by atoms with E-state index in [0.29, 0.717) is 0 Å². The Hall–Kier alpha value is -2.34. The highest BCUT2D eigenvalue weighted by atomic mass is 15.1. The van der Waals surface area contributed by atoms with Crippen molar-refractivity contribution in [2.24, 2.45) is 0 Å². The highest BCUT2D eigenvalue weighted by Gasteiger charge is 1.92. The van der Waals surface area contributed by atoms with Crippen LogP contribution in [0.25, 0.3) is 11.1 Å². The number of diazo groups is 1.